The van der Waals surface area contributed by atoms with Crippen molar-refractivity contribution in [2.45, 2.75) is 37.9 Å². The molecule has 3 saturated heterocycles. The molecule has 3 heteroatoms. The summed E-state index contributed by atoms with van der Waals surface area (Å²) in [4.78, 5) is 0. The fourth-order valence-corrected chi connectivity index (χ4v) is 2.66. The van der Waals surface area contributed by atoms with Gasteiger partial charge in [0.05, 0.1) is 0 Å². The van der Waals surface area contributed by atoms with Crippen LogP contribution in [-0.4, -0.2) is 20.1 Å². The van der Waals surface area contributed by atoms with E-state index in [-0.39, 0.29) is 0 Å². The summed E-state index contributed by atoms with van der Waals surface area (Å²) in [5.74, 6) is 0. The predicted octanol–water partition coefficient (Wildman–Crippen LogP) is 0.833. The standard InChI is InChI=1S/C12H15B3/c1-2-13(1)10-7-11(14-3-4-14)9-12(8-10)15-5-6-15/h7-9H,1-6H2. The molecular weight excluding hydrogens is 177 g/mol. The lowest BCUT2D eigenvalue weighted by molar-refractivity contribution is 1.69. The van der Waals surface area contributed by atoms with Gasteiger partial charge in [-0.15, -0.1) is 0 Å². The first-order valence-corrected chi connectivity index (χ1v) is 6.55. The molecule has 3 aliphatic rings. The largest absolute Gasteiger partial charge is 0.174 e. The van der Waals surface area contributed by atoms with Gasteiger partial charge in [-0.25, -0.2) is 0 Å². The minimum Gasteiger partial charge on any atom is -0.0812 e. The molecule has 0 spiro atoms. The molecule has 0 amide bonds. The SMILES string of the molecule is c1c(B2CC2)cc(B2CC2)cc1B1CC1. The molecule has 4 rings (SSSR count). The molecule has 3 aliphatic heterocycles. The van der Waals surface area contributed by atoms with Crippen molar-refractivity contribution in [3.8, 4) is 0 Å². The minimum atomic E-state index is 0.932. The molecule has 0 unspecified atom stereocenters. The second-order valence-corrected chi connectivity index (χ2v) is 5.76. The van der Waals surface area contributed by atoms with E-state index in [9.17, 15) is 0 Å². The molecule has 1 aromatic rings. The van der Waals surface area contributed by atoms with Crippen LogP contribution in [0.2, 0.25) is 37.9 Å². The first kappa shape index (κ1) is 8.55. The van der Waals surface area contributed by atoms with Crippen LogP contribution in [0.1, 0.15) is 0 Å². The molecule has 3 fully saturated rings. The van der Waals surface area contributed by atoms with E-state index in [1.54, 1.807) is 16.4 Å². The third-order valence-corrected chi connectivity index (χ3v) is 4.15. The molecule has 0 aromatic heterocycles. The van der Waals surface area contributed by atoms with Crippen LogP contribution in [0, 0.1) is 0 Å². The van der Waals surface area contributed by atoms with Gasteiger partial charge in [-0.1, -0.05) is 72.5 Å². The third kappa shape index (κ3) is 1.66. The Kier molecular flexibility index (Phi) is 1.69. The first-order chi connectivity index (χ1) is 7.40. The Labute approximate surface area is 93.1 Å². The van der Waals surface area contributed by atoms with Crippen LogP contribution >= 0.6 is 0 Å². The summed E-state index contributed by atoms with van der Waals surface area (Å²) >= 11 is 0. The van der Waals surface area contributed by atoms with Gasteiger partial charge in [-0.05, 0) is 0 Å². The molecule has 0 nitrogen and oxygen atoms in total. The monoisotopic (exact) mass is 192 g/mol. The molecule has 15 heavy (non-hydrogen) atoms. The highest BCUT2D eigenvalue weighted by Gasteiger charge is 2.35. The molecule has 0 atom stereocenters. The van der Waals surface area contributed by atoms with Crippen LogP contribution in [0.25, 0.3) is 0 Å². The maximum atomic E-state index is 2.52. The van der Waals surface area contributed by atoms with Crippen LogP contribution in [0.3, 0.4) is 0 Å². The van der Waals surface area contributed by atoms with Crippen molar-refractivity contribution < 1.29 is 0 Å². The van der Waals surface area contributed by atoms with Crippen molar-refractivity contribution in [2.75, 3.05) is 0 Å². The number of benzene rings is 1. The third-order valence-electron chi connectivity index (χ3n) is 4.15. The van der Waals surface area contributed by atoms with Gasteiger partial charge in [0, 0.05) is 0 Å². The topological polar surface area (TPSA) is 0 Å². The van der Waals surface area contributed by atoms with Gasteiger partial charge >= 0.3 is 0 Å². The van der Waals surface area contributed by atoms with E-state index in [0.717, 1.165) is 20.1 Å². The lowest BCUT2D eigenvalue weighted by Crippen LogP contribution is -2.33. The van der Waals surface area contributed by atoms with Crippen LogP contribution < -0.4 is 16.4 Å². The number of rotatable bonds is 3. The Morgan fingerprint density at radius 3 is 1.00 bits per heavy atom. The minimum absolute atomic E-state index is 0.932. The summed E-state index contributed by atoms with van der Waals surface area (Å²) in [7, 11) is 0. The Balaban J connectivity index is 1.76. The average Bonchev–Trinajstić information content (AvgIpc) is 3.20. The van der Waals surface area contributed by atoms with E-state index >= 15 is 0 Å². The zero-order valence-electron chi connectivity index (χ0n) is 9.21. The molecule has 72 valence electrons. The lowest BCUT2D eigenvalue weighted by Gasteiger charge is -2.06. The molecule has 0 saturated carbocycles. The quantitative estimate of drug-likeness (QED) is 0.622. The molecular formula is C12H15B3. The van der Waals surface area contributed by atoms with Crippen molar-refractivity contribution in [1.82, 2.24) is 0 Å². The van der Waals surface area contributed by atoms with Crippen LogP contribution in [0.4, 0.5) is 0 Å². The first-order valence-electron chi connectivity index (χ1n) is 6.55. The summed E-state index contributed by atoms with van der Waals surface area (Å²) in [6.07, 6.45) is 8.66. The van der Waals surface area contributed by atoms with Gasteiger partial charge in [-0.2, -0.15) is 0 Å². The summed E-state index contributed by atoms with van der Waals surface area (Å²) in [6, 6.07) is 7.55. The van der Waals surface area contributed by atoms with Crippen LogP contribution in [-0.2, 0) is 0 Å². The zero-order chi connectivity index (χ0) is 9.83. The predicted molar refractivity (Wildman–Crippen MR) is 71.4 cm³/mol. The van der Waals surface area contributed by atoms with Crippen molar-refractivity contribution in [1.29, 1.82) is 0 Å². The van der Waals surface area contributed by atoms with E-state index < -0.39 is 0 Å². The van der Waals surface area contributed by atoms with Crippen molar-refractivity contribution in [2.24, 2.45) is 0 Å². The highest BCUT2D eigenvalue weighted by atomic mass is 14.1. The zero-order valence-corrected chi connectivity index (χ0v) is 9.21. The maximum Gasteiger partial charge on any atom is 0.174 e. The van der Waals surface area contributed by atoms with Crippen molar-refractivity contribution in [3.63, 3.8) is 0 Å². The fourth-order valence-electron chi connectivity index (χ4n) is 2.66. The van der Waals surface area contributed by atoms with E-state index in [1.165, 1.54) is 37.9 Å². The van der Waals surface area contributed by atoms with E-state index in [2.05, 4.69) is 18.2 Å². The van der Waals surface area contributed by atoms with E-state index in [4.69, 9.17) is 0 Å². The smallest absolute Gasteiger partial charge is 0.0812 e. The maximum absolute atomic E-state index is 2.52. The Morgan fingerprint density at radius 2 is 0.800 bits per heavy atom. The van der Waals surface area contributed by atoms with Gasteiger partial charge < -0.3 is 0 Å². The average molecular weight is 192 g/mol. The molecule has 0 aliphatic carbocycles. The van der Waals surface area contributed by atoms with Crippen LogP contribution in [0.15, 0.2) is 18.2 Å². The highest BCUT2D eigenvalue weighted by Crippen LogP contribution is 2.25. The van der Waals surface area contributed by atoms with Gasteiger partial charge in [0.2, 0.25) is 0 Å². The Bertz CT molecular complexity index is 329. The molecule has 0 N–H and O–H groups in total. The van der Waals surface area contributed by atoms with Gasteiger partial charge in [-0.3, -0.25) is 0 Å². The normalized spacial score (nSPS) is 22.0. The summed E-state index contributed by atoms with van der Waals surface area (Å²) in [5.41, 5.74) is 5.00. The highest BCUT2D eigenvalue weighted by molar-refractivity contribution is 6.88. The molecule has 1 aromatic carbocycles. The van der Waals surface area contributed by atoms with Gasteiger partial charge in [0.25, 0.3) is 0 Å². The number of hydrogen-bond acceptors (Lipinski definition) is 0. The molecule has 3 heterocycles. The summed E-state index contributed by atoms with van der Waals surface area (Å²) in [5, 5.41) is 0. The van der Waals surface area contributed by atoms with Crippen molar-refractivity contribution in [3.05, 3.63) is 18.2 Å². The van der Waals surface area contributed by atoms with E-state index in [0.29, 0.717) is 0 Å². The van der Waals surface area contributed by atoms with E-state index in [1.807, 2.05) is 0 Å². The van der Waals surface area contributed by atoms with Gasteiger partial charge in [0.15, 0.2) is 20.1 Å². The Morgan fingerprint density at radius 1 is 0.533 bits per heavy atom. The molecule has 0 radical (unpaired) electrons. The summed E-state index contributed by atoms with van der Waals surface area (Å²) in [6.45, 7) is 2.79. The number of hydrogen-bond donors (Lipinski definition) is 0. The van der Waals surface area contributed by atoms with Crippen molar-refractivity contribution >= 4 is 36.5 Å². The summed E-state index contributed by atoms with van der Waals surface area (Å²) < 4.78 is 0. The van der Waals surface area contributed by atoms with Crippen LogP contribution in [0.5, 0.6) is 0 Å². The second-order valence-electron chi connectivity index (χ2n) is 5.76. The van der Waals surface area contributed by atoms with Gasteiger partial charge in [0.1, 0.15) is 0 Å². The lowest BCUT2D eigenvalue weighted by atomic mass is 9.53. The second kappa shape index (κ2) is 2.96. The fraction of sp³-hybridized carbons (Fsp3) is 0.500. The Hall–Kier alpha value is -0.585. The molecule has 0 bridgehead atoms.